The van der Waals surface area contributed by atoms with Gasteiger partial charge in [-0.2, -0.15) is 0 Å². The first-order valence-electron chi connectivity index (χ1n) is 17.6. The summed E-state index contributed by atoms with van der Waals surface area (Å²) in [6.07, 6.45) is 2.73. The highest BCUT2D eigenvalue weighted by Crippen LogP contribution is 2.52. The number of anilines is 2. The number of pyridine rings is 1. The van der Waals surface area contributed by atoms with E-state index < -0.39 is 0 Å². The van der Waals surface area contributed by atoms with Gasteiger partial charge >= 0.3 is 0 Å². The minimum atomic E-state index is -0.139. The van der Waals surface area contributed by atoms with Gasteiger partial charge in [-0.3, -0.25) is 9.78 Å². The number of phenols is 1. The van der Waals surface area contributed by atoms with Crippen LogP contribution in [0.2, 0.25) is 0 Å². The number of ketones is 1. The maximum atomic E-state index is 14.6. The van der Waals surface area contributed by atoms with E-state index >= 15 is 0 Å². The van der Waals surface area contributed by atoms with Gasteiger partial charge in [0.05, 0.1) is 38.3 Å². The zero-order chi connectivity index (χ0) is 37.7. The van der Waals surface area contributed by atoms with Gasteiger partial charge in [0.25, 0.3) is 0 Å². The first kappa shape index (κ1) is 35.4. The number of fused-ring (bicyclic) bond motifs is 2. The van der Waals surface area contributed by atoms with Crippen LogP contribution < -0.4 is 24.3 Å². The summed E-state index contributed by atoms with van der Waals surface area (Å²) in [5, 5.41) is 16.2. The van der Waals surface area contributed by atoms with Gasteiger partial charge in [-0.1, -0.05) is 71.0 Å². The summed E-state index contributed by atoms with van der Waals surface area (Å²) in [4.78, 5) is 19.6. The first-order valence-corrected chi connectivity index (χ1v) is 17.6. The number of carbonyl (C=O) groups excluding carboxylic acids is 1. The molecule has 2 N–H and O–H groups in total. The lowest BCUT2D eigenvalue weighted by Gasteiger charge is -2.33. The molecule has 7 rings (SSSR count). The van der Waals surface area contributed by atoms with Crippen molar-refractivity contribution in [2.24, 2.45) is 5.41 Å². The van der Waals surface area contributed by atoms with Crippen LogP contribution in [0.5, 0.6) is 34.5 Å². The first-order chi connectivity index (χ1) is 25.3. The van der Waals surface area contributed by atoms with Crippen LogP contribution in [0.4, 0.5) is 11.4 Å². The van der Waals surface area contributed by atoms with Gasteiger partial charge in [0.1, 0.15) is 23.0 Å². The second kappa shape index (κ2) is 13.5. The Hall–Kier alpha value is -6.02. The van der Waals surface area contributed by atoms with E-state index in [1.54, 1.807) is 26.5 Å². The second-order valence-electron chi connectivity index (χ2n) is 15.3. The van der Waals surface area contributed by atoms with Crippen LogP contribution in [0.15, 0.2) is 97.2 Å². The van der Waals surface area contributed by atoms with Gasteiger partial charge in [-0.25, -0.2) is 0 Å². The Morgan fingerprint density at radius 2 is 1.34 bits per heavy atom. The summed E-state index contributed by atoms with van der Waals surface area (Å²) in [7, 11) is 4.68. The molecule has 0 unspecified atom stereocenters. The number of rotatable bonds is 10. The monoisotopic (exact) mass is 708 g/mol. The molecule has 1 heterocycles. The number of nitrogens with zero attached hydrogens (tertiary/aromatic N) is 1. The van der Waals surface area contributed by atoms with E-state index in [9.17, 15) is 9.90 Å². The summed E-state index contributed by atoms with van der Waals surface area (Å²) in [5.41, 5.74) is 5.99. The summed E-state index contributed by atoms with van der Waals surface area (Å²) < 4.78 is 23.2. The fourth-order valence-corrected chi connectivity index (χ4v) is 7.71. The highest BCUT2D eigenvalue weighted by Gasteiger charge is 2.33. The third-order valence-corrected chi connectivity index (χ3v) is 9.77. The number of benzene rings is 5. The topological polar surface area (TPSA) is 99.1 Å². The molecule has 0 radical (unpaired) electrons. The van der Waals surface area contributed by atoms with Crippen molar-refractivity contribution < 1.29 is 28.8 Å². The van der Waals surface area contributed by atoms with Crippen molar-refractivity contribution in [1.29, 1.82) is 0 Å². The predicted molar refractivity (Wildman–Crippen MR) is 211 cm³/mol. The molecule has 1 aliphatic carbocycles. The zero-order valence-electron chi connectivity index (χ0n) is 31.4. The van der Waals surface area contributed by atoms with Crippen LogP contribution in [0, 0.1) is 5.41 Å². The Balaban J connectivity index is 1.47. The van der Waals surface area contributed by atoms with Gasteiger partial charge in [0.15, 0.2) is 17.3 Å². The van der Waals surface area contributed by atoms with Crippen molar-refractivity contribution in [3.8, 4) is 56.9 Å². The molecule has 0 saturated carbocycles. The van der Waals surface area contributed by atoms with E-state index in [1.165, 1.54) is 18.7 Å². The summed E-state index contributed by atoms with van der Waals surface area (Å²) in [6.45, 7) is 11.3. The second-order valence-corrected chi connectivity index (χ2v) is 15.3. The third-order valence-electron chi connectivity index (χ3n) is 9.77. The zero-order valence-corrected chi connectivity index (χ0v) is 31.4. The molecule has 0 aliphatic heterocycles. The van der Waals surface area contributed by atoms with Crippen molar-refractivity contribution in [1.82, 2.24) is 4.98 Å². The number of carbonyl (C=O) groups is 1. The van der Waals surface area contributed by atoms with E-state index in [1.807, 2.05) is 66.7 Å². The van der Waals surface area contributed by atoms with E-state index in [0.717, 1.165) is 12.1 Å². The molecule has 5 aromatic carbocycles. The van der Waals surface area contributed by atoms with Crippen LogP contribution in [0.3, 0.4) is 0 Å². The van der Waals surface area contributed by atoms with Crippen LogP contribution in [-0.4, -0.2) is 37.2 Å². The predicted octanol–water partition coefficient (Wildman–Crippen LogP) is 11.1. The van der Waals surface area contributed by atoms with Gasteiger partial charge in [-0.15, -0.1) is 0 Å². The van der Waals surface area contributed by atoms with Crippen molar-refractivity contribution >= 4 is 27.9 Å². The molecule has 0 bridgehead atoms. The molecule has 6 aromatic rings. The number of phenolic OH excluding ortho intramolecular Hbond substituents is 1. The van der Waals surface area contributed by atoms with Gasteiger partial charge < -0.3 is 29.4 Å². The third kappa shape index (κ3) is 6.61. The fourth-order valence-electron chi connectivity index (χ4n) is 7.71. The number of hydrogen-bond donors (Lipinski definition) is 2. The molecular weight excluding hydrogens is 665 g/mol. The SMILES string of the molecule is COc1ccc(Nc2cc(Oc3ccc(C(C)(C)CC(C)(C)C)cc3)c3cnc(-c4cc(OC)c(OC)cc4O)c4c3c2C(=O)c2ccccc2-4)cc1. The number of methoxy groups -OCH3 is 3. The lowest BCUT2D eigenvalue weighted by atomic mass is 9.72. The van der Waals surface area contributed by atoms with E-state index in [4.69, 9.17) is 23.9 Å². The molecule has 1 aliphatic rings. The molecule has 0 amide bonds. The summed E-state index contributed by atoms with van der Waals surface area (Å²) in [5.74, 6) is 2.52. The van der Waals surface area contributed by atoms with E-state index in [-0.39, 0.29) is 22.4 Å². The molecule has 0 spiro atoms. The lowest BCUT2D eigenvalue weighted by Crippen LogP contribution is -2.24. The maximum absolute atomic E-state index is 14.6. The number of hydrogen-bond acceptors (Lipinski definition) is 8. The molecule has 0 atom stereocenters. The smallest absolute Gasteiger partial charge is 0.196 e. The average molecular weight is 709 g/mol. The van der Waals surface area contributed by atoms with Crippen LogP contribution in [0.1, 0.15) is 62.5 Å². The fraction of sp³-hybridized carbons (Fsp3) is 0.244. The molecule has 8 heteroatoms. The Labute approximate surface area is 310 Å². The average Bonchev–Trinajstić information content (AvgIpc) is 3.13. The van der Waals surface area contributed by atoms with Crippen molar-refractivity contribution in [2.75, 3.05) is 26.6 Å². The molecule has 53 heavy (non-hydrogen) atoms. The van der Waals surface area contributed by atoms with Gasteiger partial charge in [-0.05, 0) is 70.8 Å². The van der Waals surface area contributed by atoms with Crippen LogP contribution in [0.25, 0.3) is 33.2 Å². The molecule has 8 nitrogen and oxygen atoms in total. The Morgan fingerprint density at radius 3 is 1.98 bits per heavy atom. The van der Waals surface area contributed by atoms with Crippen molar-refractivity contribution in [2.45, 2.75) is 46.5 Å². The Kier molecular flexibility index (Phi) is 9.02. The number of aromatic hydroxyl groups is 1. The standard InChI is InChI=1S/C45H44N2O6/c1-44(2,3)25-45(4,5)26-13-17-29(18-14-26)53-36-22-34(47-27-15-19-28(50-6)20-16-27)41-39-33(36)24-46-42(32-21-37(51-7)38(52-8)23-35(32)48)40(39)30-11-9-10-12-31(30)43(41)49/h9-24,47-48H,25H2,1-8H3. The quantitative estimate of drug-likeness (QED) is 0.145. The number of ether oxygens (including phenoxy) is 4. The summed E-state index contributed by atoms with van der Waals surface area (Å²) in [6, 6.07) is 28.3. The van der Waals surface area contributed by atoms with Crippen molar-refractivity contribution in [3.05, 3.63) is 114 Å². The molecule has 1 aromatic heterocycles. The largest absolute Gasteiger partial charge is 0.507 e. The van der Waals surface area contributed by atoms with Crippen molar-refractivity contribution in [3.63, 3.8) is 0 Å². The van der Waals surface area contributed by atoms with Gasteiger partial charge in [0.2, 0.25) is 0 Å². The molecule has 0 saturated heterocycles. The molecule has 0 fully saturated rings. The maximum Gasteiger partial charge on any atom is 0.196 e. The summed E-state index contributed by atoms with van der Waals surface area (Å²) >= 11 is 0. The lowest BCUT2D eigenvalue weighted by molar-refractivity contribution is 0.104. The Bertz CT molecular complexity index is 2360. The van der Waals surface area contributed by atoms with E-state index in [0.29, 0.717) is 78.7 Å². The molecular formula is C45H44N2O6. The normalized spacial score (nSPS) is 12.3. The van der Waals surface area contributed by atoms with Crippen LogP contribution in [-0.2, 0) is 5.41 Å². The minimum absolute atomic E-state index is 0.0315. The van der Waals surface area contributed by atoms with Crippen LogP contribution >= 0.6 is 0 Å². The minimum Gasteiger partial charge on any atom is -0.507 e. The number of nitrogens with one attached hydrogen (secondary N) is 1. The Morgan fingerprint density at radius 1 is 0.698 bits per heavy atom. The highest BCUT2D eigenvalue weighted by molar-refractivity contribution is 6.30. The van der Waals surface area contributed by atoms with E-state index in [2.05, 4.69) is 52.1 Å². The van der Waals surface area contributed by atoms with Gasteiger partial charge in [0, 0.05) is 51.5 Å². The highest BCUT2D eigenvalue weighted by atomic mass is 16.5. The number of aromatic nitrogens is 1. The molecule has 270 valence electrons.